The molecule has 68 heavy (non-hydrogen) atoms. The average molecular weight is 929 g/mol. The van der Waals surface area contributed by atoms with Crippen LogP contribution in [0.3, 0.4) is 0 Å². The first-order valence-electron chi connectivity index (χ1n) is 28.6. The fraction of sp³-hybridized carbons (Fsp3) is 0.677. The molecule has 0 spiro atoms. The Morgan fingerprint density at radius 2 is 0.647 bits per heavy atom. The van der Waals surface area contributed by atoms with Crippen molar-refractivity contribution in [2.45, 2.75) is 233 Å². The summed E-state index contributed by atoms with van der Waals surface area (Å²) in [6.45, 7) is 10.6. The maximum Gasteiger partial charge on any atom is 0.159 e. The van der Waals surface area contributed by atoms with Gasteiger partial charge in [0.1, 0.15) is 11.5 Å². The highest BCUT2D eigenvalue weighted by Gasteiger charge is 2.22. The second-order valence-corrected chi connectivity index (χ2v) is 21.0. The topological polar surface area (TPSA) is 70.0 Å². The molecule has 6 heteroatoms. The van der Waals surface area contributed by atoms with Crippen LogP contribution in [0.2, 0.25) is 0 Å². The molecule has 2 heterocycles. The van der Waals surface area contributed by atoms with Gasteiger partial charge < -0.3 is 9.47 Å². The van der Waals surface area contributed by atoms with Gasteiger partial charge in [-0.3, -0.25) is 0 Å². The Morgan fingerprint density at radius 3 is 0.985 bits per heavy atom. The van der Waals surface area contributed by atoms with Crippen LogP contribution in [0.4, 0.5) is 0 Å². The molecule has 0 aliphatic heterocycles. The molecule has 2 aliphatic carbocycles. The lowest BCUT2D eigenvalue weighted by Gasteiger charge is -2.28. The minimum atomic E-state index is 0.791. The van der Waals surface area contributed by atoms with Gasteiger partial charge in [-0.05, 0) is 122 Å². The predicted molar refractivity (Wildman–Crippen MR) is 288 cm³/mol. The largest absolute Gasteiger partial charge is 0.494 e. The lowest BCUT2D eigenvalue weighted by atomic mass is 9.78. The van der Waals surface area contributed by atoms with Gasteiger partial charge in [0, 0.05) is 35.9 Å². The molecule has 2 aromatic heterocycles. The number of hydrogen-bond donors (Lipinski definition) is 0. The SMILES string of the molecule is CCCCCCCC1CCC(CCc2cnc(-c3ccc(OCCCCC)cc3)nc2)CC1.CCCCCCCCCC1CCC(CCc2cnc(-c3ccc(OCCCCC)cc3)nc2)CC1. The number of unbranched alkanes of at least 4 members (excludes halogenated alkanes) is 14. The second-order valence-electron chi connectivity index (χ2n) is 21.0. The number of nitrogens with zero attached hydrogens (tertiary/aromatic N) is 4. The Kier molecular flexibility index (Phi) is 28.0. The molecule has 376 valence electrons. The quantitative estimate of drug-likeness (QED) is 0.0455. The van der Waals surface area contributed by atoms with Gasteiger partial charge in [0.25, 0.3) is 0 Å². The van der Waals surface area contributed by atoms with Crippen molar-refractivity contribution < 1.29 is 9.47 Å². The van der Waals surface area contributed by atoms with E-state index in [0.29, 0.717) is 0 Å². The summed E-state index contributed by atoms with van der Waals surface area (Å²) in [6.07, 6.45) is 51.6. The zero-order valence-electron chi connectivity index (χ0n) is 43.9. The van der Waals surface area contributed by atoms with E-state index >= 15 is 0 Å². The molecule has 2 aromatic carbocycles. The summed E-state index contributed by atoms with van der Waals surface area (Å²) >= 11 is 0. The second kappa shape index (κ2) is 34.5. The van der Waals surface area contributed by atoms with Gasteiger partial charge >= 0.3 is 0 Å². The Labute approximate surface area is 416 Å². The molecule has 2 aliphatic rings. The van der Waals surface area contributed by atoms with Crippen molar-refractivity contribution >= 4 is 0 Å². The molecule has 0 saturated heterocycles. The highest BCUT2D eigenvalue weighted by atomic mass is 16.5. The van der Waals surface area contributed by atoms with Crippen LogP contribution in [-0.2, 0) is 12.8 Å². The van der Waals surface area contributed by atoms with E-state index in [-0.39, 0.29) is 0 Å². The summed E-state index contributed by atoms with van der Waals surface area (Å²) in [4.78, 5) is 18.6. The van der Waals surface area contributed by atoms with Crippen LogP contribution in [0.5, 0.6) is 11.5 Å². The molecule has 2 fully saturated rings. The van der Waals surface area contributed by atoms with Crippen LogP contribution in [0.1, 0.15) is 231 Å². The van der Waals surface area contributed by atoms with Crippen molar-refractivity contribution in [3.63, 3.8) is 0 Å². The fourth-order valence-corrected chi connectivity index (χ4v) is 10.5. The van der Waals surface area contributed by atoms with Crippen molar-refractivity contribution in [3.05, 3.63) is 84.4 Å². The molecule has 0 unspecified atom stereocenters. The molecule has 0 radical (unpaired) electrons. The number of aromatic nitrogens is 4. The average Bonchev–Trinajstić information content (AvgIpc) is 3.39. The summed E-state index contributed by atoms with van der Waals surface area (Å²) in [7, 11) is 0. The van der Waals surface area contributed by atoms with E-state index in [4.69, 9.17) is 9.47 Å². The minimum absolute atomic E-state index is 0.791. The van der Waals surface area contributed by atoms with E-state index in [9.17, 15) is 0 Å². The van der Waals surface area contributed by atoms with Crippen molar-refractivity contribution in [2.24, 2.45) is 23.7 Å². The molecule has 6 nitrogen and oxygen atoms in total. The third-order valence-corrected chi connectivity index (χ3v) is 15.2. The van der Waals surface area contributed by atoms with Crippen molar-refractivity contribution in [1.29, 1.82) is 0 Å². The monoisotopic (exact) mass is 929 g/mol. The van der Waals surface area contributed by atoms with Crippen LogP contribution in [0, 0.1) is 23.7 Å². The van der Waals surface area contributed by atoms with Crippen molar-refractivity contribution in [1.82, 2.24) is 19.9 Å². The van der Waals surface area contributed by atoms with Crippen molar-refractivity contribution in [3.8, 4) is 34.3 Å². The Hall–Kier alpha value is -3.80. The van der Waals surface area contributed by atoms with Gasteiger partial charge in [0.2, 0.25) is 0 Å². The van der Waals surface area contributed by atoms with E-state index in [1.54, 1.807) is 0 Å². The highest BCUT2D eigenvalue weighted by Crippen LogP contribution is 2.36. The van der Waals surface area contributed by atoms with Crippen LogP contribution < -0.4 is 9.47 Å². The number of rotatable bonds is 32. The van der Waals surface area contributed by atoms with E-state index in [1.165, 1.54) is 191 Å². The number of hydrogen-bond acceptors (Lipinski definition) is 6. The van der Waals surface area contributed by atoms with Crippen LogP contribution in [-0.4, -0.2) is 33.1 Å². The highest BCUT2D eigenvalue weighted by molar-refractivity contribution is 5.56. The van der Waals surface area contributed by atoms with Gasteiger partial charge in [-0.1, -0.05) is 195 Å². The van der Waals surface area contributed by atoms with E-state index < -0.39 is 0 Å². The summed E-state index contributed by atoms with van der Waals surface area (Å²) in [5.74, 6) is 7.25. The third-order valence-electron chi connectivity index (χ3n) is 15.2. The van der Waals surface area contributed by atoms with Crippen LogP contribution >= 0.6 is 0 Å². The molecule has 6 rings (SSSR count). The molecule has 4 aromatic rings. The molecule has 0 amide bonds. The van der Waals surface area contributed by atoms with Crippen LogP contribution in [0.25, 0.3) is 22.8 Å². The lowest BCUT2D eigenvalue weighted by molar-refractivity contribution is 0.248. The first-order valence-corrected chi connectivity index (χ1v) is 28.6. The van der Waals surface area contributed by atoms with Gasteiger partial charge in [-0.25, -0.2) is 19.9 Å². The molecule has 0 atom stereocenters. The normalized spacial score (nSPS) is 18.2. The van der Waals surface area contributed by atoms with E-state index in [2.05, 4.69) is 71.9 Å². The van der Waals surface area contributed by atoms with Gasteiger partial charge in [0.15, 0.2) is 11.6 Å². The minimum Gasteiger partial charge on any atom is -0.494 e. The molecule has 0 N–H and O–H groups in total. The summed E-state index contributed by atoms with van der Waals surface area (Å²) in [6, 6.07) is 16.4. The predicted octanol–water partition coefficient (Wildman–Crippen LogP) is 18.4. The summed E-state index contributed by atoms with van der Waals surface area (Å²) in [5.41, 5.74) is 4.65. The standard InChI is InChI=1S/C32H50N2O.C30H46N2O/c1-3-5-7-8-9-10-11-13-27-14-16-28(17-15-27)18-19-29-25-33-32(34-26-29)30-20-22-31(23-21-30)35-24-12-6-4-2;1-3-5-7-8-9-11-25-12-14-26(15-13-25)16-17-27-23-31-30(32-24-27)28-18-20-29(21-19-28)33-22-10-6-4-2/h20-23,25-28H,3-19,24H2,1-2H3;18-21,23-26H,3-17,22H2,1-2H3. The first kappa shape index (κ1) is 55.1. The van der Waals surface area contributed by atoms with E-state index in [1.807, 2.05) is 49.1 Å². The summed E-state index contributed by atoms with van der Waals surface area (Å²) in [5, 5.41) is 0. The smallest absolute Gasteiger partial charge is 0.159 e. The zero-order valence-corrected chi connectivity index (χ0v) is 43.9. The maximum absolute atomic E-state index is 5.81. The molecular formula is C62H96N4O2. The molecular weight excluding hydrogens is 833 g/mol. The van der Waals surface area contributed by atoms with E-state index in [0.717, 1.165) is 96.8 Å². The van der Waals surface area contributed by atoms with Gasteiger partial charge in [-0.2, -0.15) is 0 Å². The maximum atomic E-state index is 5.81. The fourth-order valence-electron chi connectivity index (χ4n) is 10.5. The number of ether oxygens (including phenoxy) is 2. The Morgan fingerprint density at radius 1 is 0.353 bits per heavy atom. The lowest BCUT2D eigenvalue weighted by Crippen LogP contribution is -2.15. The van der Waals surface area contributed by atoms with Gasteiger partial charge in [0.05, 0.1) is 13.2 Å². The first-order chi connectivity index (χ1) is 33.6. The summed E-state index contributed by atoms with van der Waals surface area (Å²) < 4.78 is 11.6. The third kappa shape index (κ3) is 22.3. The Balaban J connectivity index is 0.000000255. The van der Waals surface area contributed by atoms with Crippen molar-refractivity contribution in [2.75, 3.05) is 13.2 Å². The molecule has 0 bridgehead atoms. The Bertz CT molecular complexity index is 1800. The number of benzene rings is 2. The van der Waals surface area contributed by atoms with Gasteiger partial charge in [-0.15, -0.1) is 0 Å². The zero-order chi connectivity index (χ0) is 47.7. The molecule has 2 saturated carbocycles. The van der Waals surface area contributed by atoms with Crippen LogP contribution in [0.15, 0.2) is 73.3 Å². The number of aryl methyl sites for hydroxylation is 2.